The predicted molar refractivity (Wildman–Crippen MR) is 216 cm³/mol. The van der Waals surface area contributed by atoms with Gasteiger partial charge in [-0.05, 0) is 87.5 Å². The molecule has 318 valence electrons. The molecule has 4 aromatic rings. The number of carbonyl (C=O) groups excluding carboxylic acids is 4. The number of morpholine rings is 1. The third kappa shape index (κ3) is 8.28. The number of nitrogens with zero attached hydrogens (tertiary/aromatic N) is 8. The molecule has 1 aliphatic carbocycles. The van der Waals surface area contributed by atoms with Crippen molar-refractivity contribution in [2.24, 2.45) is 11.8 Å². The highest BCUT2D eigenvalue weighted by molar-refractivity contribution is 6.34. The van der Waals surface area contributed by atoms with Crippen molar-refractivity contribution in [1.29, 1.82) is 0 Å². The fourth-order valence-corrected chi connectivity index (χ4v) is 9.45. The summed E-state index contributed by atoms with van der Waals surface area (Å²) in [6, 6.07) is 6.35. The first-order chi connectivity index (χ1) is 29.1. The lowest BCUT2D eigenvalue weighted by molar-refractivity contribution is -0.120. The summed E-state index contributed by atoms with van der Waals surface area (Å²) < 4.78 is 43.4. The van der Waals surface area contributed by atoms with Crippen molar-refractivity contribution in [3.05, 3.63) is 64.7 Å². The van der Waals surface area contributed by atoms with Crippen molar-refractivity contribution < 1.29 is 37.4 Å². The Labute approximate surface area is 349 Å². The molecule has 16 nitrogen and oxygen atoms in total. The van der Waals surface area contributed by atoms with Gasteiger partial charge in [0.2, 0.25) is 5.91 Å². The number of nitrogens with one attached hydrogen (secondary N) is 2. The number of benzene rings is 1. The van der Waals surface area contributed by atoms with Gasteiger partial charge >= 0.3 is 6.03 Å². The summed E-state index contributed by atoms with van der Waals surface area (Å²) in [5, 5.41) is 13.8. The molecule has 4 aliphatic heterocycles. The maximum Gasteiger partial charge on any atom is 0.328 e. The monoisotopic (exact) mass is 848 g/mol. The number of imide groups is 1. The van der Waals surface area contributed by atoms with Crippen LogP contribution >= 0.6 is 11.6 Å². The number of amides is 5. The van der Waals surface area contributed by atoms with Gasteiger partial charge in [0.25, 0.3) is 18.2 Å². The molecule has 4 saturated heterocycles. The second-order valence-electron chi connectivity index (χ2n) is 16.5. The maximum absolute atomic E-state index is 14.2. The van der Waals surface area contributed by atoms with Crippen LogP contribution in [0.5, 0.6) is 0 Å². The maximum atomic E-state index is 14.2. The normalized spacial score (nSPS) is 23.6. The van der Waals surface area contributed by atoms with Crippen molar-refractivity contribution >= 4 is 58.2 Å². The highest BCUT2D eigenvalue weighted by Gasteiger charge is 2.40. The molecular formula is C41H47ClF2N10O6. The number of likely N-dealkylation sites (tertiary alicyclic amines) is 1. The molecule has 9 rings (SSSR count). The van der Waals surface area contributed by atoms with Crippen LogP contribution in [0.2, 0.25) is 5.02 Å². The quantitative estimate of drug-likeness (QED) is 0.164. The Hall–Kier alpha value is -5.20. The number of anilines is 3. The molecule has 1 aromatic carbocycles. The van der Waals surface area contributed by atoms with Gasteiger partial charge in [0.05, 0.1) is 47.4 Å². The summed E-state index contributed by atoms with van der Waals surface area (Å²) in [6.07, 6.45) is 8.90. The topological polar surface area (TPSA) is 169 Å². The van der Waals surface area contributed by atoms with Crippen LogP contribution in [-0.4, -0.2) is 111 Å². The van der Waals surface area contributed by atoms with Crippen molar-refractivity contribution in [1.82, 2.24) is 34.6 Å². The zero-order valence-electron chi connectivity index (χ0n) is 33.0. The molecule has 2 bridgehead atoms. The van der Waals surface area contributed by atoms with Gasteiger partial charge in [-0.25, -0.2) is 23.1 Å². The number of ether oxygens (including phenoxy) is 2. The van der Waals surface area contributed by atoms with Crippen molar-refractivity contribution in [3.8, 4) is 0 Å². The minimum Gasteiger partial charge on any atom is -0.381 e. The molecule has 0 spiro atoms. The van der Waals surface area contributed by atoms with Crippen LogP contribution in [0.1, 0.15) is 96.7 Å². The Bertz CT molecular complexity index is 2270. The first kappa shape index (κ1) is 40.2. The lowest BCUT2D eigenvalue weighted by atomic mass is 9.86. The first-order valence-electron chi connectivity index (χ1n) is 20.8. The average molecular weight is 849 g/mol. The third-order valence-corrected chi connectivity index (χ3v) is 13.0. The van der Waals surface area contributed by atoms with Crippen LogP contribution < -0.4 is 20.4 Å². The number of carbonyl (C=O) groups is 4. The highest BCUT2D eigenvalue weighted by Crippen LogP contribution is 2.36. The molecule has 3 aromatic heterocycles. The van der Waals surface area contributed by atoms with Gasteiger partial charge in [-0.3, -0.25) is 29.3 Å². The minimum atomic E-state index is -2.87. The smallest absolute Gasteiger partial charge is 0.328 e. The number of urea groups is 1. The van der Waals surface area contributed by atoms with Crippen LogP contribution in [0.15, 0.2) is 42.9 Å². The number of alkyl halides is 2. The molecule has 1 saturated carbocycles. The molecule has 19 heteroatoms. The summed E-state index contributed by atoms with van der Waals surface area (Å²) in [7, 11) is 0. The number of aromatic nitrogens is 5. The molecule has 0 unspecified atom stereocenters. The molecule has 2 atom stereocenters. The summed E-state index contributed by atoms with van der Waals surface area (Å²) in [5.41, 5.74) is 0.875. The van der Waals surface area contributed by atoms with Gasteiger partial charge < -0.3 is 24.6 Å². The summed E-state index contributed by atoms with van der Waals surface area (Å²) in [4.78, 5) is 61.0. The van der Waals surface area contributed by atoms with E-state index < -0.39 is 24.1 Å². The molecule has 60 heavy (non-hydrogen) atoms. The standard InChI is InChI=1S/C41H47ClF2N10O6/c42-31-6-3-26(17-33(31)51-14-10-35(55)48-41(51)58)40(57)50-12-7-24(8-13-50)11-16-59-22-25-1-4-27(5-2-25)54-21-32(36(49-54)37(43)44)46-39(56)30-19-45-53-15-9-34(47-38(30)53)52-20-29-18-28(52)23-60-29/h3,6,9,15,17,19,21,24-25,27-29,37H,1-2,4-5,7-8,10-14,16,18,20,22-23H2,(H,46,56)(H,48,55,58)/t25?,27?,28-,29-/m1/s1. The highest BCUT2D eigenvalue weighted by atomic mass is 35.5. The molecular weight excluding hydrogens is 802 g/mol. The van der Waals surface area contributed by atoms with E-state index in [1.807, 2.05) is 11.0 Å². The fourth-order valence-electron chi connectivity index (χ4n) is 9.23. The van der Waals surface area contributed by atoms with Gasteiger partial charge in [0.15, 0.2) is 11.3 Å². The molecule has 7 heterocycles. The van der Waals surface area contributed by atoms with Crippen LogP contribution in [0.25, 0.3) is 5.65 Å². The van der Waals surface area contributed by atoms with E-state index in [1.165, 1.54) is 21.8 Å². The van der Waals surface area contributed by atoms with E-state index >= 15 is 0 Å². The van der Waals surface area contributed by atoms with E-state index in [-0.39, 0.29) is 54.2 Å². The fraction of sp³-hybridized carbons (Fsp3) is 0.537. The molecule has 5 aliphatic rings. The van der Waals surface area contributed by atoms with Gasteiger partial charge in [-0.15, -0.1) is 0 Å². The van der Waals surface area contributed by atoms with Gasteiger partial charge in [-0.2, -0.15) is 10.2 Å². The van der Waals surface area contributed by atoms with Crippen molar-refractivity contribution in [3.63, 3.8) is 0 Å². The van der Waals surface area contributed by atoms with Gasteiger partial charge in [0.1, 0.15) is 11.4 Å². The summed E-state index contributed by atoms with van der Waals surface area (Å²) in [5.74, 6) is 0.457. The van der Waals surface area contributed by atoms with E-state index in [0.717, 1.165) is 63.7 Å². The Morgan fingerprint density at radius 2 is 1.85 bits per heavy atom. The van der Waals surface area contributed by atoms with Crippen LogP contribution in [0, 0.1) is 11.8 Å². The van der Waals surface area contributed by atoms with Crippen LogP contribution in [-0.2, 0) is 14.3 Å². The Morgan fingerprint density at radius 1 is 1.03 bits per heavy atom. The van der Waals surface area contributed by atoms with Gasteiger partial charge in [-0.1, -0.05) is 11.6 Å². The van der Waals surface area contributed by atoms with Crippen molar-refractivity contribution in [2.75, 3.05) is 61.1 Å². The number of piperidine rings is 1. The Morgan fingerprint density at radius 3 is 2.58 bits per heavy atom. The Balaban J connectivity index is 0.720. The number of fused-ring (bicyclic) bond motifs is 3. The average Bonchev–Trinajstić information content (AvgIpc) is 4.08. The zero-order valence-corrected chi connectivity index (χ0v) is 33.7. The minimum absolute atomic E-state index is 0.0257. The van der Waals surface area contributed by atoms with Gasteiger partial charge in [0, 0.05) is 63.8 Å². The molecule has 5 fully saturated rings. The van der Waals surface area contributed by atoms with E-state index in [4.69, 9.17) is 26.1 Å². The van der Waals surface area contributed by atoms with E-state index in [0.29, 0.717) is 66.7 Å². The predicted octanol–water partition coefficient (Wildman–Crippen LogP) is 5.88. The first-order valence-corrected chi connectivity index (χ1v) is 21.1. The third-order valence-electron chi connectivity index (χ3n) is 12.7. The summed E-state index contributed by atoms with van der Waals surface area (Å²) >= 11 is 6.37. The van der Waals surface area contributed by atoms with Crippen LogP contribution in [0.4, 0.5) is 30.8 Å². The van der Waals surface area contributed by atoms with Crippen LogP contribution in [0.3, 0.4) is 0 Å². The Kier molecular flexibility index (Phi) is 11.4. The second-order valence-corrected chi connectivity index (χ2v) is 16.9. The lowest BCUT2D eigenvalue weighted by Gasteiger charge is -2.33. The number of halogens is 3. The molecule has 0 radical (unpaired) electrons. The van der Waals surface area contributed by atoms with E-state index in [1.54, 1.807) is 29.1 Å². The lowest BCUT2D eigenvalue weighted by Crippen LogP contribution is -2.49. The molecule has 2 N–H and O–H groups in total. The largest absolute Gasteiger partial charge is 0.381 e. The number of hydrogen-bond donors (Lipinski definition) is 2. The van der Waals surface area contributed by atoms with E-state index in [2.05, 4.69) is 25.7 Å². The number of hydrogen-bond acceptors (Lipinski definition) is 10. The van der Waals surface area contributed by atoms with E-state index in [9.17, 15) is 28.0 Å². The molecule has 5 amide bonds. The zero-order chi connectivity index (χ0) is 41.5. The van der Waals surface area contributed by atoms with Crippen molar-refractivity contribution in [2.45, 2.75) is 82.4 Å². The SMILES string of the molecule is O=C1CCN(c2cc(C(=O)N3CCC(CCOCC4CCC(n5cc(NC(=O)c6cnn7ccc(N8C[C@H]9C[C@@H]8CO9)nc67)c(C(F)F)n5)CC4)CC3)ccc2Cl)C(=O)N1. The number of rotatable bonds is 12. The summed E-state index contributed by atoms with van der Waals surface area (Å²) in [6.45, 7) is 4.04. The second kappa shape index (κ2) is 17.0.